The Hall–Kier alpha value is -1.11. The van der Waals surface area contributed by atoms with Gasteiger partial charge in [0.2, 0.25) is 5.95 Å². The van der Waals surface area contributed by atoms with E-state index in [4.69, 9.17) is 0 Å². The molecule has 0 saturated carbocycles. The minimum atomic E-state index is -4.27. The van der Waals surface area contributed by atoms with Crippen molar-refractivity contribution in [1.82, 2.24) is 4.98 Å². The summed E-state index contributed by atoms with van der Waals surface area (Å²) in [7, 11) is -4.27. The van der Waals surface area contributed by atoms with Crippen LogP contribution in [0.3, 0.4) is 0 Å². The van der Waals surface area contributed by atoms with E-state index in [2.05, 4.69) is 4.98 Å². The molecule has 77 valence electrons. The highest BCUT2D eigenvalue weighted by molar-refractivity contribution is 7.93. The van der Waals surface area contributed by atoms with E-state index in [0.29, 0.717) is 12.3 Å². The van der Waals surface area contributed by atoms with Crippen LogP contribution < -0.4 is 0 Å². The van der Waals surface area contributed by atoms with Gasteiger partial charge in [-0.3, -0.25) is 0 Å². The number of aromatic nitrogens is 1. The smallest absolute Gasteiger partial charge is 0.228 e. The molecule has 0 aliphatic carbocycles. The van der Waals surface area contributed by atoms with Gasteiger partial charge in [0.25, 0.3) is 5.50 Å². The van der Waals surface area contributed by atoms with Gasteiger partial charge in [-0.15, -0.1) is 0 Å². The third kappa shape index (κ3) is 2.03. The van der Waals surface area contributed by atoms with Gasteiger partial charge in [-0.1, -0.05) is 0 Å². The van der Waals surface area contributed by atoms with Crippen LogP contribution >= 0.6 is 0 Å². The first-order chi connectivity index (χ1) is 6.34. The second kappa shape index (κ2) is 3.56. The average Bonchev–Trinajstić information content (AvgIpc) is 2.01. The molecule has 0 atom stereocenters. The summed E-state index contributed by atoms with van der Waals surface area (Å²) in [6.07, 6.45) is 1.28. The summed E-state index contributed by atoms with van der Waals surface area (Å²) in [5.74, 6) is -2.80. The number of sulfone groups is 1. The third-order valence-corrected chi connectivity index (χ3v) is 2.23. The van der Waals surface area contributed by atoms with Crippen LogP contribution in [-0.4, -0.2) is 19.7 Å². The van der Waals surface area contributed by atoms with Crippen LogP contribution in [0.25, 0.3) is 0 Å². The molecule has 0 aliphatic rings. The topological polar surface area (TPSA) is 47.0 Å². The number of hydrogen-bond acceptors (Lipinski definition) is 3. The number of pyridine rings is 1. The normalized spacial score (nSPS) is 12.1. The molecular formula is C7H5F3NO2S. The van der Waals surface area contributed by atoms with E-state index in [-0.39, 0.29) is 0 Å². The van der Waals surface area contributed by atoms with Gasteiger partial charge >= 0.3 is 0 Å². The molecule has 0 aliphatic heterocycles. The van der Waals surface area contributed by atoms with Crippen molar-refractivity contribution in [2.45, 2.75) is 0 Å². The molecule has 7 heteroatoms. The van der Waals surface area contributed by atoms with Crippen molar-refractivity contribution >= 4 is 9.84 Å². The summed E-state index contributed by atoms with van der Waals surface area (Å²) >= 11 is 0. The third-order valence-electron chi connectivity index (χ3n) is 1.38. The monoisotopic (exact) mass is 224 g/mol. The highest BCUT2D eigenvalue weighted by Gasteiger charge is 2.31. The minimum Gasteiger partial charge on any atom is -0.228 e. The average molecular weight is 224 g/mol. The summed E-state index contributed by atoms with van der Waals surface area (Å²) in [6, 6.07) is 0.670. The Morgan fingerprint density at radius 3 is 2.43 bits per heavy atom. The van der Waals surface area contributed by atoms with E-state index in [1.807, 2.05) is 0 Å². The fourth-order valence-corrected chi connectivity index (χ4v) is 1.33. The van der Waals surface area contributed by atoms with Gasteiger partial charge in [0.1, 0.15) is 11.4 Å². The maximum absolute atomic E-state index is 13.0. The Kier molecular flexibility index (Phi) is 2.79. The maximum Gasteiger partial charge on any atom is 0.294 e. The highest BCUT2D eigenvalue weighted by atomic mass is 32.2. The lowest BCUT2D eigenvalue weighted by Crippen LogP contribution is -2.12. The standard InChI is InChI=1S/C7H5F3NO2S/c1-14(12,13)7(10)5-4(8)2-3-11-6(5)9/h2-3H,1H3. The van der Waals surface area contributed by atoms with Crippen molar-refractivity contribution < 1.29 is 21.6 Å². The van der Waals surface area contributed by atoms with E-state index in [0.717, 1.165) is 6.20 Å². The Morgan fingerprint density at radius 2 is 2.00 bits per heavy atom. The van der Waals surface area contributed by atoms with Gasteiger partial charge in [0.05, 0.1) is 0 Å². The zero-order chi connectivity index (χ0) is 10.9. The minimum absolute atomic E-state index is 0.508. The summed E-state index contributed by atoms with van der Waals surface area (Å²) in [5, 5.41) is 0. The van der Waals surface area contributed by atoms with Gasteiger partial charge in [0.15, 0.2) is 9.84 Å². The van der Waals surface area contributed by atoms with E-state index < -0.39 is 32.7 Å². The predicted octanol–water partition coefficient (Wildman–Crippen LogP) is 1.21. The van der Waals surface area contributed by atoms with Gasteiger partial charge in [-0.25, -0.2) is 22.2 Å². The highest BCUT2D eigenvalue weighted by Crippen LogP contribution is 2.25. The van der Waals surface area contributed by atoms with Gasteiger partial charge in [-0.2, -0.15) is 4.39 Å². The number of hydrogen-bond donors (Lipinski definition) is 0. The molecule has 0 bridgehead atoms. The van der Waals surface area contributed by atoms with Crippen molar-refractivity contribution in [2.24, 2.45) is 0 Å². The summed E-state index contributed by atoms with van der Waals surface area (Å²) in [5.41, 5.74) is -3.12. The van der Waals surface area contributed by atoms with Gasteiger partial charge in [-0.05, 0) is 6.07 Å². The van der Waals surface area contributed by atoms with Crippen LogP contribution in [0.15, 0.2) is 12.3 Å². The van der Waals surface area contributed by atoms with Crippen LogP contribution in [0.2, 0.25) is 0 Å². The number of nitrogens with zero attached hydrogens (tertiary/aromatic N) is 1. The Balaban J connectivity index is 3.33. The van der Waals surface area contributed by atoms with Crippen molar-refractivity contribution in [1.29, 1.82) is 0 Å². The Labute approximate surface area is 78.5 Å². The molecule has 0 unspecified atom stereocenters. The van der Waals surface area contributed by atoms with Crippen LogP contribution in [0, 0.1) is 17.3 Å². The van der Waals surface area contributed by atoms with E-state index in [1.165, 1.54) is 0 Å². The molecule has 1 heterocycles. The second-order valence-corrected chi connectivity index (χ2v) is 4.41. The largest absolute Gasteiger partial charge is 0.294 e. The zero-order valence-corrected chi connectivity index (χ0v) is 7.78. The predicted molar refractivity (Wildman–Crippen MR) is 42.4 cm³/mol. The molecule has 0 spiro atoms. The molecule has 1 rings (SSSR count). The molecule has 0 amide bonds. The van der Waals surface area contributed by atoms with Crippen LogP contribution in [0.5, 0.6) is 0 Å². The zero-order valence-electron chi connectivity index (χ0n) is 6.96. The lowest BCUT2D eigenvalue weighted by atomic mass is 10.3. The van der Waals surface area contributed by atoms with Crippen LogP contribution in [-0.2, 0) is 9.84 Å². The summed E-state index contributed by atoms with van der Waals surface area (Å²) in [4.78, 5) is 2.94. The van der Waals surface area contributed by atoms with E-state index >= 15 is 0 Å². The fraction of sp³-hybridized carbons (Fsp3) is 0.143. The quantitative estimate of drug-likeness (QED) is 0.709. The molecule has 0 N–H and O–H groups in total. The Morgan fingerprint density at radius 1 is 1.43 bits per heavy atom. The van der Waals surface area contributed by atoms with Crippen molar-refractivity contribution in [3.8, 4) is 0 Å². The lowest BCUT2D eigenvalue weighted by molar-refractivity contribution is 0.488. The Bertz CT molecular complexity index is 426. The summed E-state index contributed by atoms with van der Waals surface area (Å²) < 4.78 is 59.9. The molecule has 0 aromatic carbocycles. The maximum atomic E-state index is 13.0. The molecule has 1 aromatic rings. The van der Waals surface area contributed by atoms with Gasteiger partial charge < -0.3 is 0 Å². The molecule has 0 fully saturated rings. The summed E-state index contributed by atoms with van der Waals surface area (Å²) in [6.45, 7) is 0. The van der Waals surface area contributed by atoms with Gasteiger partial charge in [0, 0.05) is 12.5 Å². The molecular weight excluding hydrogens is 219 g/mol. The molecule has 1 aromatic heterocycles. The van der Waals surface area contributed by atoms with Crippen LogP contribution in [0.1, 0.15) is 5.56 Å². The van der Waals surface area contributed by atoms with E-state index in [9.17, 15) is 21.6 Å². The number of halogens is 3. The van der Waals surface area contributed by atoms with Crippen LogP contribution in [0.4, 0.5) is 13.2 Å². The first kappa shape index (κ1) is 11.0. The van der Waals surface area contributed by atoms with Crippen molar-refractivity contribution in [2.75, 3.05) is 6.26 Å². The second-order valence-electron chi connectivity index (χ2n) is 2.50. The fourth-order valence-electron chi connectivity index (χ4n) is 0.775. The van der Waals surface area contributed by atoms with Crippen molar-refractivity contribution in [3.63, 3.8) is 0 Å². The first-order valence-electron chi connectivity index (χ1n) is 3.37. The molecule has 1 radical (unpaired) electrons. The lowest BCUT2D eigenvalue weighted by Gasteiger charge is -2.05. The number of rotatable bonds is 2. The molecule has 0 saturated heterocycles. The first-order valence-corrected chi connectivity index (χ1v) is 5.26. The molecule has 14 heavy (non-hydrogen) atoms. The SMILES string of the molecule is CS(=O)(=O)[C](F)c1c(F)ccnc1F. The molecule has 3 nitrogen and oxygen atoms in total. The van der Waals surface area contributed by atoms with E-state index in [1.54, 1.807) is 0 Å². The van der Waals surface area contributed by atoms with Crippen molar-refractivity contribution in [3.05, 3.63) is 35.1 Å².